The molecule has 226 valence electrons. The van der Waals surface area contributed by atoms with E-state index in [4.69, 9.17) is 11.6 Å². The minimum absolute atomic E-state index is 0.0766. The van der Waals surface area contributed by atoms with Crippen molar-refractivity contribution in [3.05, 3.63) is 100 Å². The third kappa shape index (κ3) is 9.60. The van der Waals surface area contributed by atoms with Crippen LogP contribution in [-0.2, 0) is 32.6 Å². The van der Waals surface area contributed by atoms with Gasteiger partial charge in [-0.3, -0.25) is 13.9 Å². The number of nitrogens with zero attached hydrogens (tertiary/aromatic N) is 2. The van der Waals surface area contributed by atoms with Crippen molar-refractivity contribution in [1.82, 2.24) is 10.2 Å². The smallest absolute Gasteiger partial charge is 0.243 e. The van der Waals surface area contributed by atoms with Gasteiger partial charge >= 0.3 is 0 Å². The van der Waals surface area contributed by atoms with Crippen LogP contribution >= 0.6 is 11.6 Å². The van der Waals surface area contributed by atoms with Crippen LogP contribution in [0.4, 0.5) is 5.69 Å². The number of rotatable bonds is 14. The topological polar surface area (TPSA) is 86.8 Å². The molecule has 3 aromatic carbocycles. The number of hydrogen-bond donors (Lipinski definition) is 1. The second-order valence-electron chi connectivity index (χ2n) is 11.2. The van der Waals surface area contributed by atoms with Crippen LogP contribution in [0.2, 0.25) is 5.02 Å². The average Bonchev–Trinajstić information content (AvgIpc) is 2.94. The molecule has 2 amide bonds. The average molecular weight is 612 g/mol. The summed E-state index contributed by atoms with van der Waals surface area (Å²) in [5.74, 6) is -0.193. The first-order valence-corrected chi connectivity index (χ1v) is 16.5. The molecular formula is C33H42ClN3O4S. The lowest BCUT2D eigenvalue weighted by molar-refractivity contribution is -0.141. The van der Waals surface area contributed by atoms with Crippen molar-refractivity contribution >= 4 is 39.1 Å². The van der Waals surface area contributed by atoms with Gasteiger partial charge in [0.2, 0.25) is 21.8 Å². The van der Waals surface area contributed by atoms with Gasteiger partial charge in [0.15, 0.2) is 0 Å². The fraction of sp³-hybridized carbons (Fsp3) is 0.394. The molecule has 0 aliphatic carbocycles. The minimum Gasteiger partial charge on any atom is -0.354 e. The second kappa shape index (κ2) is 15.2. The third-order valence-electron chi connectivity index (χ3n) is 7.22. The largest absolute Gasteiger partial charge is 0.354 e. The summed E-state index contributed by atoms with van der Waals surface area (Å²) in [6.45, 7) is 8.73. The maximum atomic E-state index is 13.9. The molecule has 1 N–H and O–H groups in total. The number of sulfonamides is 1. The molecule has 0 heterocycles. The predicted octanol–water partition coefficient (Wildman–Crippen LogP) is 5.92. The molecular weight excluding hydrogens is 570 g/mol. The number of nitrogens with one attached hydrogen (secondary N) is 1. The highest BCUT2D eigenvalue weighted by Crippen LogP contribution is 2.26. The van der Waals surface area contributed by atoms with E-state index in [1.807, 2.05) is 82.3 Å². The van der Waals surface area contributed by atoms with E-state index in [1.165, 1.54) is 10.6 Å². The Hall–Kier alpha value is -3.36. The molecule has 0 aliphatic rings. The van der Waals surface area contributed by atoms with Crippen LogP contribution < -0.4 is 9.62 Å². The molecule has 9 heteroatoms. The van der Waals surface area contributed by atoms with Crippen LogP contribution in [0, 0.1) is 19.8 Å². The highest BCUT2D eigenvalue weighted by molar-refractivity contribution is 7.92. The number of benzene rings is 3. The summed E-state index contributed by atoms with van der Waals surface area (Å²) in [4.78, 5) is 29.1. The third-order valence-corrected chi connectivity index (χ3v) is 8.65. The van der Waals surface area contributed by atoms with E-state index in [9.17, 15) is 18.0 Å². The Bertz CT molecular complexity index is 1440. The lowest BCUT2D eigenvalue weighted by atomic mass is 10.0. The van der Waals surface area contributed by atoms with E-state index >= 15 is 0 Å². The monoisotopic (exact) mass is 611 g/mol. The van der Waals surface area contributed by atoms with Crippen molar-refractivity contribution in [1.29, 1.82) is 0 Å². The van der Waals surface area contributed by atoms with E-state index in [0.717, 1.165) is 22.3 Å². The van der Waals surface area contributed by atoms with Gasteiger partial charge in [-0.2, -0.15) is 0 Å². The van der Waals surface area contributed by atoms with Crippen LogP contribution in [0.3, 0.4) is 0 Å². The zero-order valence-corrected chi connectivity index (χ0v) is 26.7. The summed E-state index contributed by atoms with van der Waals surface area (Å²) in [6.07, 6.45) is 1.90. The van der Waals surface area contributed by atoms with Crippen LogP contribution in [0.5, 0.6) is 0 Å². The SMILES string of the molecule is Cc1cccc(N(CCCC(=O)N(Cc2ccc(Cl)cc2)C(Cc2ccccc2)C(=O)NCC(C)C)S(C)(=O)=O)c1C. The Morgan fingerprint density at radius 2 is 1.57 bits per heavy atom. The number of halogens is 1. The predicted molar refractivity (Wildman–Crippen MR) is 171 cm³/mol. The number of amides is 2. The molecule has 0 bridgehead atoms. The fourth-order valence-corrected chi connectivity index (χ4v) is 5.89. The Morgan fingerprint density at radius 3 is 2.19 bits per heavy atom. The summed E-state index contributed by atoms with van der Waals surface area (Å²) in [5, 5.41) is 3.60. The van der Waals surface area contributed by atoms with Gasteiger partial charge in [-0.15, -0.1) is 0 Å². The highest BCUT2D eigenvalue weighted by atomic mass is 35.5. The fourth-order valence-electron chi connectivity index (χ4n) is 4.75. The molecule has 0 saturated heterocycles. The summed E-state index contributed by atoms with van der Waals surface area (Å²) < 4.78 is 26.9. The lowest BCUT2D eigenvalue weighted by Gasteiger charge is -2.32. The van der Waals surface area contributed by atoms with E-state index in [1.54, 1.807) is 23.1 Å². The highest BCUT2D eigenvalue weighted by Gasteiger charge is 2.30. The van der Waals surface area contributed by atoms with Gasteiger partial charge in [-0.05, 0) is 66.6 Å². The molecule has 1 atom stereocenters. The first kappa shape index (κ1) is 33.1. The van der Waals surface area contributed by atoms with Gasteiger partial charge in [0, 0.05) is 37.5 Å². The van der Waals surface area contributed by atoms with Gasteiger partial charge < -0.3 is 10.2 Å². The standard InChI is InChI=1S/C33H42ClN3O4S/c1-24(2)22-35-33(39)31(21-27-12-7-6-8-13-27)36(23-28-16-18-29(34)19-17-28)32(38)15-10-20-37(42(5,40)41)30-14-9-11-25(3)26(30)4/h6-9,11-14,16-19,24,31H,10,15,20-23H2,1-5H3,(H,35,39). The van der Waals surface area contributed by atoms with Crippen molar-refractivity contribution in [2.45, 2.75) is 59.5 Å². The summed E-state index contributed by atoms with van der Waals surface area (Å²) in [6, 6.07) is 21.7. The van der Waals surface area contributed by atoms with Crippen LogP contribution in [0.1, 0.15) is 48.9 Å². The molecule has 0 saturated carbocycles. The number of carbonyl (C=O) groups excluding carboxylic acids is 2. The molecule has 0 radical (unpaired) electrons. The molecule has 3 aromatic rings. The van der Waals surface area contributed by atoms with E-state index in [0.29, 0.717) is 30.1 Å². The Balaban J connectivity index is 1.89. The molecule has 0 spiro atoms. The zero-order valence-electron chi connectivity index (χ0n) is 25.1. The van der Waals surface area contributed by atoms with Crippen molar-refractivity contribution in [3.8, 4) is 0 Å². The maximum absolute atomic E-state index is 13.9. The van der Waals surface area contributed by atoms with Crippen molar-refractivity contribution < 1.29 is 18.0 Å². The van der Waals surface area contributed by atoms with Crippen molar-refractivity contribution in [2.75, 3.05) is 23.7 Å². The van der Waals surface area contributed by atoms with Crippen molar-refractivity contribution in [2.24, 2.45) is 5.92 Å². The number of aryl methyl sites for hydroxylation is 1. The van der Waals surface area contributed by atoms with E-state index < -0.39 is 16.1 Å². The Labute approximate surface area is 255 Å². The summed E-state index contributed by atoms with van der Waals surface area (Å²) in [7, 11) is -3.58. The van der Waals surface area contributed by atoms with Gasteiger partial charge in [-0.1, -0.05) is 80.0 Å². The molecule has 7 nitrogen and oxygen atoms in total. The second-order valence-corrected chi connectivity index (χ2v) is 13.5. The van der Waals surface area contributed by atoms with Gasteiger partial charge in [0.25, 0.3) is 0 Å². The van der Waals surface area contributed by atoms with E-state index in [2.05, 4.69) is 5.32 Å². The zero-order chi connectivity index (χ0) is 30.9. The first-order chi connectivity index (χ1) is 19.9. The number of carbonyl (C=O) groups is 2. The number of hydrogen-bond acceptors (Lipinski definition) is 4. The van der Waals surface area contributed by atoms with Crippen LogP contribution in [-0.4, -0.2) is 50.5 Å². The molecule has 1 unspecified atom stereocenters. The maximum Gasteiger partial charge on any atom is 0.243 e. The Morgan fingerprint density at radius 1 is 0.905 bits per heavy atom. The number of anilines is 1. The van der Waals surface area contributed by atoms with Gasteiger partial charge in [0.1, 0.15) is 6.04 Å². The van der Waals surface area contributed by atoms with Gasteiger partial charge in [0.05, 0.1) is 11.9 Å². The van der Waals surface area contributed by atoms with Gasteiger partial charge in [-0.25, -0.2) is 8.42 Å². The van der Waals surface area contributed by atoms with Crippen LogP contribution in [0.15, 0.2) is 72.8 Å². The summed E-state index contributed by atoms with van der Waals surface area (Å²) in [5.41, 5.74) is 4.26. The van der Waals surface area contributed by atoms with Crippen LogP contribution in [0.25, 0.3) is 0 Å². The van der Waals surface area contributed by atoms with Crippen molar-refractivity contribution in [3.63, 3.8) is 0 Å². The molecule has 0 aromatic heterocycles. The van der Waals surface area contributed by atoms with E-state index in [-0.39, 0.29) is 37.2 Å². The molecule has 0 fully saturated rings. The lowest BCUT2D eigenvalue weighted by Crippen LogP contribution is -2.51. The first-order valence-electron chi connectivity index (χ1n) is 14.3. The normalized spacial score (nSPS) is 12.2. The molecule has 0 aliphatic heterocycles. The minimum atomic E-state index is -3.58. The Kier molecular flexibility index (Phi) is 12.0. The quantitative estimate of drug-likeness (QED) is 0.245. The molecule has 3 rings (SSSR count). The molecule has 42 heavy (non-hydrogen) atoms. The summed E-state index contributed by atoms with van der Waals surface area (Å²) >= 11 is 6.11.